The number of thioether (sulfide) groups is 1. The van der Waals surface area contributed by atoms with Gasteiger partial charge < -0.3 is 14.8 Å². The van der Waals surface area contributed by atoms with Crippen molar-refractivity contribution in [1.82, 2.24) is 19.6 Å². The standard InChI is InChI=1S/C24H19N5O3S2/c1-14-2-4-15(5-3-14)17-11-33-23-21(17)22-27-28-24(29(22)13-25-23)34-12-20(30)26-16-6-7-18-19(10-16)32-9-8-31-18/h2-7,10-11,13H,8-9,12H2,1H3,(H,26,30). The molecule has 3 aromatic heterocycles. The van der Waals surface area contributed by atoms with Gasteiger partial charge in [0.25, 0.3) is 0 Å². The van der Waals surface area contributed by atoms with Crippen LogP contribution >= 0.6 is 23.1 Å². The highest BCUT2D eigenvalue weighted by Crippen LogP contribution is 2.36. The van der Waals surface area contributed by atoms with Gasteiger partial charge in [-0.3, -0.25) is 9.20 Å². The smallest absolute Gasteiger partial charge is 0.234 e. The molecule has 0 fully saturated rings. The van der Waals surface area contributed by atoms with E-state index < -0.39 is 0 Å². The van der Waals surface area contributed by atoms with E-state index in [0.29, 0.717) is 35.6 Å². The van der Waals surface area contributed by atoms with Crippen molar-refractivity contribution in [3.8, 4) is 22.6 Å². The molecule has 1 aliphatic rings. The van der Waals surface area contributed by atoms with Gasteiger partial charge in [0.2, 0.25) is 5.91 Å². The van der Waals surface area contributed by atoms with Gasteiger partial charge in [0.15, 0.2) is 22.3 Å². The number of carbonyl (C=O) groups excluding carboxylic acids is 1. The largest absolute Gasteiger partial charge is 0.486 e. The normalized spacial score (nSPS) is 12.9. The number of ether oxygens (including phenoxy) is 2. The van der Waals surface area contributed by atoms with E-state index >= 15 is 0 Å². The number of aromatic nitrogens is 4. The molecule has 34 heavy (non-hydrogen) atoms. The molecule has 1 amide bonds. The average molecular weight is 490 g/mol. The Labute approximate surface area is 202 Å². The van der Waals surface area contributed by atoms with Crippen LogP contribution in [0.4, 0.5) is 5.69 Å². The minimum Gasteiger partial charge on any atom is -0.486 e. The van der Waals surface area contributed by atoms with E-state index in [9.17, 15) is 4.79 Å². The van der Waals surface area contributed by atoms with E-state index in [-0.39, 0.29) is 11.7 Å². The van der Waals surface area contributed by atoms with Crippen molar-refractivity contribution in [2.45, 2.75) is 12.1 Å². The van der Waals surface area contributed by atoms with Crippen LogP contribution in [-0.4, -0.2) is 44.5 Å². The molecule has 10 heteroatoms. The van der Waals surface area contributed by atoms with Crippen LogP contribution in [0.5, 0.6) is 11.5 Å². The first-order valence-electron chi connectivity index (χ1n) is 10.7. The number of fused-ring (bicyclic) bond motifs is 4. The number of nitrogens with one attached hydrogen (secondary N) is 1. The highest BCUT2D eigenvalue weighted by atomic mass is 32.2. The zero-order valence-electron chi connectivity index (χ0n) is 18.1. The fourth-order valence-corrected chi connectivity index (χ4v) is 5.43. The zero-order valence-corrected chi connectivity index (χ0v) is 19.8. The van der Waals surface area contributed by atoms with Gasteiger partial charge in [-0.25, -0.2) is 4.98 Å². The molecule has 4 heterocycles. The molecule has 0 spiro atoms. The fraction of sp³-hybridized carbons (Fsp3) is 0.167. The second kappa shape index (κ2) is 8.62. The Morgan fingerprint density at radius 1 is 1.12 bits per heavy atom. The van der Waals surface area contributed by atoms with Crippen LogP contribution in [0.2, 0.25) is 0 Å². The molecule has 1 N–H and O–H groups in total. The van der Waals surface area contributed by atoms with Crippen molar-refractivity contribution in [3.63, 3.8) is 0 Å². The summed E-state index contributed by atoms with van der Waals surface area (Å²) in [5.74, 6) is 1.35. The van der Waals surface area contributed by atoms with Crippen LogP contribution in [0.3, 0.4) is 0 Å². The molecule has 0 aliphatic carbocycles. The maximum Gasteiger partial charge on any atom is 0.234 e. The van der Waals surface area contributed by atoms with Crippen molar-refractivity contribution in [2.75, 3.05) is 24.3 Å². The van der Waals surface area contributed by atoms with E-state index in [1.807, 2.05) is 4.40 Å². The number of benzene rings is 2. The van der Waals surface area contributed by atoms with Crippen LogP contribution < -0.4 is 14.8 Å². The van der Waals surface area contributed by atoms with Crippen molar-refractivity contribution in [3.05, 3.63) is 59.7 Å². The summed E-state index contributed by atoms with van der Waals surface area (Å²) in [6, 6.07) is 13.8. The first kappa shape index (κ1) is 20.9. The van der Waals surface area contributed by atoms with Crippen molar-refractivity contribution in [2.24, 2.45) is 0 Å². The molecule has 2 aromatic carbocycles. The molecule has 0 saturated heterocycles. The Balaban J connectivity index is 1.22. The molecule has 0 radical (unpaired) electrons. The van der Waals surface area contributed by atoms with Gasteiger partial charge in [-0.1, -0.05) is 41.6 Å². The lowest BCUT2D eigenvalue weighted by Gasteiger charge is -2.18. The van der Waals surface area contributed by atoms with Crippen LogP contribution in [0.15, 0.2) is 59.3 Å². The zero-order chi connectivity index (χ0) is 23.1. The van der Waals surface area contributed by atoms with E-state index in [2.05, 4.69) is 57.1 Å². The fourth-order valence-electron chi connectivity index (χ4n) is 3.81. The molecule has 0 unspecified atom stereocenters. The number of amides is 1. The van der Waals surface area contributed by atoms with Gasteiger partial charge in [0, 0.05) is 22.7 Å². The van der Waals surface area contributed by atoms with Crippen molar-refractivity contribution in [1.29, 1.82) is 0 Å². The van der Waals surface area contributed by atoms with Gasteiger partial charge in [0.05, 0.1) is 11.1 Å². The Morgan fingerprint density at radius 2 is 1.94 bits per heavy atom. The topological polar surface area (TPSA) is 90.6 Å². The Hall–Kier alpha value is -3.63. The summed E-state index contributed by atoms with van der Waals surface area (Å²) in [5, 5.41) is 15.3. The third-order valence-electron chi connectivity index (χ3n) is 5.47. The quantitative estimate of drug-likeness (QED) is 0.354. The van der Waals surface area contributed by atoms with Crippen molar-refractivity contribution >= 4 is 50.6 Å². The van der Waals surface area contributed by atoms with Crippen molar-refractivity contribution < 1.29 is 14.3 Å². The lowest BCUT2D eigenvalue weighted by Crippen LogP contribution is -2.17. The number of nitrogens with zero attached hydrogens (tertiary/aromatic N) is 4. The molecule has 8 nitrogen and oxygen atoms in total. The third kappa shape index (κ3) is 3.84. The number of carbonyl (C=O) groups is 1. The lowest BCUT2D eigenvalue weighted by molar-refractivity contribution is -0.113. The first-order chi connectivity index (χ1) is 16.7. The lowest BCUT2D eigenvalue weighted by atomic mass is 10.0. The Bertz CT molecular complexity index is 1530. The summed E-state index contributed by atoms with van der Waals surface area (Å²) < 4.78 is 12.9. The maximum absolute atomic E-state index is 12.6. The molecule has 170 valence electrons. The van der Waals surface area contributed by atoms with Crippen LogP contribution in [0.25, 0.3) is 27.0 Å². The minimum atomic E-state index is -0.150. The minimum absolute atomic E-state index is 0.150. The van der Waals surface area contributed by atoms with E-state index in [0.717, 1.165) is 27.0 Å². The van der Waals surface area contributed by atoms with Gasteiger partial charge in [-0.2, -0.15) is 0 Å². The summed E-state index contributed by atoms with van der Waals surface area (Å²) in [6.07, 6.45) is 1.72. The second-order valence-corrected chi connectivity index (χ2v) is 9.61. The number of rotatable bonds is 5. The van der Waals surface area contributed by atoms with E-state index in [4.69, 9.17) is 9.47 Å². The Kier molecular flexibility index (Phi) is 5.31. The van der Waals surface area contributed by atoms with Gasteiger partial charge in [-0.05, 0) is 24.6 Å². The number of aryl methyl sites for hydroxylation is 1. The van der Waals surface area contributed by atoms with Crippen LogP contribution in [0.1, 0.15) is 5.56 Å². The Morgan fingerprint density at radius 3 is 2.79 bits per heavy atom. The predicted molar refractivity (Wildman–Crippen MR) is 133 cm³/mol. The SMILES string of the molecule is Cc1ccc(-c2csc3ncn4c(SCC(=O)Nc5ccc6c(c5)OCCO6)nnc4c23)cc1. The van der Waals surface area contributed by atoms with Crippen LogP contribution in [-0.2, 0) is 4.79 Å². The highest BCUT2D eigenvalue weighted by molar-refractivity contribution is 7.99. The van der Waals surface area contributed by atoms with E-state index in [1.165, 1.54) is 17.3 Å². The molecule has 0 atom stereocenters. The molecule has 0 saturated carbocycles. The summed E-state index contributed by atoms with van der Waals surface area (Å²) >= 11 is 2.90. The molecular weight excluding hydrogens is 470 g/mol. The molecule has 1 aliphatic heterocycles. The number of hydrogen-bond acceptors (Lipinski definition) is 8. The van der Waals surface area contributed by atoms with Gasteiger partial charge in [-0.15, -0.1) is 21.5 Å². The van der Waals surface area contributed by atoms with E-state index in [1.54, 1.807) is 35.9 Å². The van der Waals surface area contributed by atoms with Gasteiger partial charge >= 0.3 is 0 Å². The maximum atomic E-state index is 12.6. The second-order valence-electron chi connectivity index (χ2n) is 7.81. The molecule has 5 aromatic rings. The molecule has 0 bridgehead atoms. The first-order valence-corrected chi connectivity index (χ1v) is 12.5. The highest BCUT2D eigenvalue weighted by Gasteiger charge is 2.17. The summed E-state index contributed by atoms with van der Waals surface area (Å²) in [7, 11) is 0. The van der Waals surface area contributed by atoms with Crippen LogP contribution in [0, 0.1) is 6.92 Å². The number of hydrogen-bond donors (Lipinski definition) is 1. The average Bonchev–Trinajstić information content (AvgIpc) is 3.47. The predicted octanol–water partition coefficient (Wildman–Crippen LogP) is 4.82. The summed E-state index contributed by atoms with van der Waals surface area (Å²) in [4.78, 5) is 18.1. The number of thiophene rings is 1. The molecular formula is C24H19N5O3S2. The third-order valence-corrected chi connectivity index (χ3v) is 7.30. The summed E-state index contributed by atoms with van der Waals surface area (Å²) in [5.41, 5.74) is 4.80. The molecule has 6 rings (SSSR count). The van der Waals surface area contributed by atoms with Gasteiger partial charge in [0.1, 0.15) is 24.4 Å². The summed E-state index contributed by atoms with van der Waals surface area (Å²) in [6.45, 7) is 3.10. The monoisotopic (exact) mass is 489 g/mol. The number of anilines is 1.